The van der Waals surface area contributed by atoms with Gasteiger partial charge in [0.2, 0.25) is 6.29 Å². The number of furan rings is 1. The van der Waals surface area contributed by atoms with Crippen LogP contribution in [-0.4, -0.2) is 13.2 Å². The average Bonchev–Trinajstić information content (AvgIpc) is 2.74. The van der Waals surface area contributed by atoms with Gasteiger partial charge in [0.15, 0.2) is 5.76 Å². The van der Waals surface area contributed by atoms with E-state index in [1.54, 1.807) is 6.26 Å². The summed E-state index contributed by atoms with van der Waals surface area (Å²) in [6, 6.07) is 1.86. The van der Waals surface area contributed by atoms with E-state index in [0.717, 1.165) is 35.9 Å². The van der Waals surface area contributed by atoms with Crippen molar-refractivity contribution in [3.05, 3.63) is 22.6 Å². The first-order valence-corrected chi connectivity index (χ1v) is 7.05. The highest BCUT2D eigenvalue weighted by Gasteiger charge is 2.18. The van der Waals surface area contributed by atoms with Gasteiger partial charge >= 0.3 is 0 Å². The second-order valence-electron chi connectivity index (χ2n) is 3.91. The van der Waals surface area contributed by atoms with Crippen LogP contribution in [0.15, 0.2) is 21.2 Å². The molecule has 4 heteroatoms. The third-order valence-corrected chi connectivity index (χ3v) is 3.05. The minimum Gasteiger partial charge on any atom is -0.463 e. The van der Waals surface area contributed by atoms with Crippen molar-refractivity contribution in [2.45, 2.75) is 45.8 Å². The highest BCUT2D eigenvalue weighted by molar-refractivity contribution is 9.10. The standard InChI is InChI=1S/C13H21BrO3/c1-3-5-8-16-13(17-9-6-4-2)12-11(14)7-10-15-12/h7,10,13H,3-6,8-9H2,1-2H3. The molecule has 0 aliphatic rings. The number of unbranched alkanes of at least 4 members (excludes halogenated alkanes) is 2. The van der Waals surface area contributed by atoms with Crippen LogP contribution in [0.2, 0.25) is 0 Å². The van der Waals surface area contributed by atoms with Crippen LogP contribution in [0, 0.1) is 0 Å². The minimum atomic E-state index is -0.391. The molecule has 0 saturated heterocycles. The van der Waals surface area contributed by atoms with Crippen molar-refractivity contribution in [1.29, 1.82) is 0 Å². The Balaban J connectivity index is 2.49. The van der Waals surface area contributed by atoms with E-state index in [-0.39, 0.29) is 0 Å². The van der Waals surface area contributed by atoms with E-state index >= 15 is 0 Å². The molecule has 0 amide bonds. The average molecular weight is 305 g/mol. The van der Waals surface area contributed by atoms with Crippen LogP contribution in [0.25, 0.3) is 0 Å². The fourth-order valence-electron chi connectivity index (χ4n) is 1.34. The summed E-state index contributed by atoms with van der Waals surface area (Å²) in [7, 11) is 0. The van der Waals surface area contributed by atoms with Crippen LogP contribution in [-0.2, 0) is 9.47 Å². The largest absolute Gasteiger partial charge is 0.463 e. The molecule has 0 N–H and O–H groups in total. The zero-order valence-electron chi connectivity index (χ0n) is 10.6. The van der Waals surface area contributed by atoms with Crippen molar-refractivity contribution in [3.8, 4) is 0 Å². The Hall–Kier alpha value is -0.320. The van der Waals surface area contributed by atoms with E-state index in [9.17, 15) is 0 Å². The number of halogens is 1. The molecule has 0 aliphatic carbocycles. The minimum absolute atomic E-state index is 0.391. The van der Waals surface area contributed by atoms with Gasteiger partial charge in [-0.3, -0.25) is 0 Å². The Morgan fingerprint density at radius 3 is 2.18 bits per heavy atom. The fourth-order valence-corrected chi connectivity index (χ4v) is 1.73. The Kier molecular flexibility index (Phi) is 7.56. The smallest absolute Gasteiger partial charge is 0.218 e. The van der Waals surface area contributed by atoms with Crippen LogP contribution < -0.4 is 0 Å². The molecule has 0 saturated carbocycles. The number of hydrogen-bond acceptors (Lipinski definition) is 3. The molecule has 0 aliphatic heterocycles. The van der Waals surface area contributed by atoms with Gasteiger partial charge in [-0.1, -0.05) is 26.7 Å². The van der Waals surface area contributed by atoms with Crippen LogP contribution >= 0.6 is 15.9 Å². The van der Waals surface area contributed by atoms with Crippen LogP contribution in [0.4, 0.5) is 0 Å². The quantitative estimate of drug-likeness (QED) is 0.490. The summed E-state index contributed by atoms with van der Waals surface area (Å²) >= 11 is 3.43. The van der Waals surface area contributed by atoms with Crippen LogP contribution in [0.3, 0.4) is 0 Å². The monoisotopic (exact) mass is 304 g/mol. The van der Waals surface area contributed by atoms with Gasteiger partial charge in [0.1, 0.15) is 0 Å². The zero-order valence-corrected chi connectivity index (χ0v) is 12.2. The van der Waals surface area contributed by atoms with E-state index in [1.807, 2.05) is 6.07 Å². The summed E-state index contributed by atoms with van der Waals surface area (Å²) < 4.78 is 17.7. The summed E-state index contributed by atoms with van der Waals surface area (Å²) in [5, 5.41) is 0. The topological polar surface area (TPSA) is 31.6 Å². The maximum absolute atomic E-state index is 5.71. The maximum Gasteiger partial charge on any atom is 0.218 e. The van der Waals surface area contributed by atoms with Crippen molar-refractivity contribution in [1.82, 2.24) is 0 Å². The number of hydrogen-bond donors (Lipinski definition) is 0. The Labute approximate surface area is 112 Å². The van der Waals surface area contributed by atoms with Gasteiger partial charge in [-0.15, -0.1) is 0 Å². The molecule has 98 valence electrons. The first kappa shape index (κ1) is 14.7. The summed E-state index contributed by atoms with van der Waals surface area (Å²) in [5.74, 6) is 0.720. The van der Waals surface area contributed by atoms with Crippen LogP contribution in [0.1, 0.15) is 51.6 Å². The molecule has 17 heavy (non-hydrogen) atoms. The second kappa shape index (κ2) is 8.72. The molecule has 0 atom stereocenters. The third kappa shape index (κ3) is 5.23. The summed E-state index contributed by atoms with van der Waals surface area (Å²) in [5.41, 5.74) is 0. The summed E-state index contributed by atoms with van der Waals surface area (Å²) in [6.07, 6.45) is 5.54. The molecule has 0 spiro atoms. The highest BCUT2D eigenvalue weighted by atomic mass is 79.9. The molecule has 0 bridgehead atoms. The normalized spacial score (nSPS) is 11.3. The lowest BCUT2D eigenvalue weighted by atomic mass is 10.3. The molecule has 1 aromatic rings. The van der Waals surface area contributed by atoms with Gasteiger partial charge in [0.25, 0.3) is 0 Å². The van der Waals surface area contributed by atoms with Gasteiger partial charge in [0, 0.05) is 0 Å². The Bertz CT molecular complexity index is 289. The molecule has 3 nitrogen and oxygen atoms in total. The molecular formula is C13H21BrO3. The maximum atomic E-state index is 5.71. The van der Waals surface area contributed by atoms with Crippen molar-refractivity contribution < 1.29 is 13.9 Å². The van der Waals surface area contributed by atoms with Gasteiger partial charge in [-0.2, -0.15) is 0 Å². The van der Waals surface area contributed by atoms with Crippen LogP contribution in [0.5, 0.6) is 0 Å². The second-order valence-corrected chi connectivity index (χ2v) is 4.77. The third-order valence-electron chi connectivity index (χ3n) is 2.39. The van der Waals surface area contributed by atoms with E-state index < -0.39 is 6.29 Å². The molecule has 1 rings (SSSR count). The molecular weight excluding hydrogens is 284 g/mol. The molecule has 1 aromatic heterocycles. The first-order valence-electron chi connectivity index (χ1n) is 6.25. The summed E-state index contributed by atoms with van der Waals surface area (Å²) in [6.45, 7) is 5.67. The molecule has 1 heterocycles. The molecule has 0 unspecified atom stereocenters. The molecule has 0 fully saturated rings. The van der Waals surface area contributed by atoms with E-state index in [1.165, 1.54) is 0 Å². The molecule has 0 radical (unpaired) electrons. The van der Waals surface area contributed by atoms with E-state index in [4.69, 9.17) is 13.9 Å². The van der Waals surface area contributed by atoms with Crippen molar-refractivity contribution in [3.63, 3.8) is 0 Å². The van der Waals surface area contributed by atoms with Gasteiger partial charge in [-0.25, -0.2) is 0 Å². The zero-order chi connectivity index (χ0) is 12.5. The Morgan fingerprint density at radius 2 is 1.76 bits per heavy atom. The lowest BCUT2D eigenvalue weighted by Crippen LogP contribution is -2.10. The van der Waals surface area contributed by atoms with Gasteiger partial charge < -0.3 is 13.9 Å². The van der Waals surface area contributed by atoms with Crippen molar-refractivity contribution >= 4 is 15.9 Å². The van der Waals surface area contributed by atoms with Crippen molar-refractivity contribution in [2.75, 3.05) is 13.2 Å². The Morgan fingerprint density at radius 1 is 1.18 bits per heavy atom. The predicted molar refractivity (Wildman–Crippen MR) is 70.9 cm³/mol. The first-order chi connectivity index (χ1) is 8.29. The van der Waals surface area contributed by atoms with Gasteiger partial charge in [0.05, 0.1) is 23.9 Å². The number of ether oxygens (including phenoxy) is 2. The lowest BCUT2D eigenvalue weighted by molar-refractivity contribution is -0.158. The molecule has 0 aromatic carbocycles. The fraction of sp³-hybridized carbons (Fsp3) is 0.692. The summed E-state index contributed by atoms with van der Waals surface area (Å²) in [4.78, 5) is 0. The highest BCUT2D eigenvalue weighted by Crippen LogP contribution is 2.28. The SMILES string of the molecule is CCCCOC(OCCCC)c1occc1Br. The lowest BCUT2D eigenvalue weighted by Gasteiger charge is -2.16. The van der Waals surface area contributed by atoms with E-state index in [0.29, 0.717) is 13.2 Å². The van der Waals surface area contributed by atoms with Gasteiger partial charge in [-0.05, 0) is 34.8 Å². The number of rotatable bonds is 9. The van der Waals surface area contributed by atoms with E-state index in [2.05, 4.69) is 29.8 Å². The van der Waals surface area contributed by atoms with Crippen molar-refractivity contribution in [2.24, 2.45) is 0 Å². The predicted octanol–water partition coefficient (Wildman–Crippen LogP) is 4.67.